The summed E-state index contributed by atoms with van der Waals surface area (Å²) in [5.41, 5.74) is 8.98. The van der Waals surface area contributed by atoms with E-state index in [0.29, 0.717) is 5.75 Å². The number of carbonyl (C=O) groups excluding carboxylic acids is 1. The lowest BCUT2D eigenvalue weighted by Crippen LogP contribution is -2.28. The first kappa shape index (κ1) is 32.4. The van der Waals surface area contributed by atoms with Crippen LogP contribution in [0.3, 0.4) is 0 Å². The summed E-state index contributed by atoms with van der Waals surface area (Å²) >= 11 is 0. The highest BCUT2D eigenvalue weighted by molar-refractivity contribution is 6.12. The SMILES string of the molecule is C/C=C/c1ccc(C(=C2C=C(C(C)(C)C)C(=O)C(C(C)(C)C)=C2)c2cc(C(C)(C)C)c(O)c(C(C)(C)C)c2)cc1C. The second kappa shape index (κ2) is 10.9. The van der Waals surface area contributed by atoms with Crippen LogP contribution in [-0.2, 0) is 15.6 Å². The van der Waals surface area contributed by atoms with Gasteiger partial charge in [-0.15, -0.1) is 0 Å². The van der Waals surface area contributed by atoms with Gasteiger partial charge in [0.25, 0.3) is 0 Å². The maximum atomic E-state index is 13.8. The minimum absolute atomic E-state index is 0.129. The first-order chi connectivity index (χ1) is 18.6. The van der Waals surface area contributed by atoms with E-state index < -0.39 is 0 Å². The molecule has 0 unspecified atom stereocenters. The van der Waals surface area contributed by atoms with E-state index in [4.69, 9.17) is 0 Å². The summed E-state index contributed by atoms with van der Waals surface area (Å²) in [6.45, 7) is 29.8. The zero-order valence-corrected chi connectivity index (χ0v) is 28.1. The Balaban J connectivity index is 2.62. The smallest absolute Gasteiger partial charge is 0.186 e. The molecule has 0 amide bonds. The zero-order chi connectivity index (χ0) is 31.3. The number of rotatable bonds is 3. The second-order valence-corrected chi connectivity index (χ2v) is 15.8. The van der Waals surface area contributed by atoms with E-state index in [1.165, 1.54) is 11.1 Å². The summed E-state index contributed by atoms with van der Waals surface area (Å²) in [6.07, 6.45) is 8.43. The van der Waals surface area contributed by atoms with E-state index in [2.05, 4.69) is 145 Å². The Morgan fingerprint density at radius 2 is 1.15 bits per heavy atom. The Kier molecular flexibility index (Phi) is 8.64. The number of aromatic hydroxyl groups is 1. The molecular formula is C39H52O2. The van der Waals surface area contributed by atoms with Gasteiger partial charge in [-0.05, 0) is 93.2 Å². The fourth-order valence-corrected chi connectivity index (χ4v) is 5.51. The molecule has 2 nitrogen and oxygen atoms in total. The van der Waals surface area contributed by atoms with Crippen LogP contribution >= 0.6 is 0 Å². The topological polar surface area (TPSA) is 37.3 Å². The van der Waals surface area contributed by atoms with Crippen LogP contribution in [0.5, 0.6) is 5.75 Å². The molecule has 0 heterocycles. The van der Waals surface area contributed by atoms with Gasteiger partial charge in [0.2, 0.25) is 0 Å². The van der Waals surface area contributed by atoms with Crippen LogP contribution in [0.15, 0.2) is 65.3 Å². The van der Waals surface area contributed by atoms with Crippen LogP contribution in [0, 0.1) is 17.8 Å². The van der Waals surface area contributed by atoms with Crippen LogP contribution in [0.1, 0.15) is 123 Å². The molecule has 2 aromatic carbocycles. The van der Waals surface area contributed by atoms with Gasteiger partial charge in [-0.3, -0.25) is 4.79 Å². The van der Waals surface area contributed by atoms with E-state index in [0.717, 1.165) is 44.5 Å². The zero-order valence-electron chi connectivity index (χ0n) is 28.1. The fraction of sp³-hybridized carbons (Fsp3) is 0.462. The third-order valence-corrected chi connectivity index (χ3v) is 7.91. The van der Waals surface area contributed by atoms with Crippen molar-refractivity contribution in [3.05, 3.63) is 98.7 Å². The number of ketones is 1. The minimum Gasteiger partial charge on any atom is -0.507 e. The van der Waals surface area contributed by atoms with Crippen molar-refractivity contribution >= 4 is 17.4 Å². The van der Waals surface area contributed by atoms with Gasteiger partial charge in [-0.25, -0.2) is 0 Å². The minimum atomic E-state index is -0.313. The number of phenolic OH excluding ortho intramolecular Hbond substituents is 1. The lowest BCUT2D eigenvalue weighted by atomic mass is 9.70. The largest absolute Gasteiger partial charge is 0.507 e. The van der Waals surface area contributed by atoms with E-state index in [-0.39, 0.29) is 27.4 Å². The molecule has 0 atom stereocenters. The van der Waals surface area contributed by atoms with Crippen molar-refractivity contribution in [3.8, 4) is 5.75 Å². The lowest BCUT2D eigenvalue weighted by molar-refractivity contribution is -0.114. The molecule has 0 saturated heterocycles. The Labute approximate surface area is 250 Å². The van der Waals surface area contributed by atoms with Crippen LogP contribution < -0.4 is 0 Å². The molecule has 1 N–H and O–H groups in total. The number of carbonyl (C=O) groups is 1. The predicted octanol–water partition coefficient (Wildman–Crippen LogP) is 10.7. The van der Waals surface area contributed by atoms with Crippen molar-refractivity contribution in [2.24, 2.45) is 10.8 Å². The summed E-state index contributed by atoms with van der Waals surface area (Å²) < 4.78 is 0. The average molecular weight is 553 g/mol. The van der Waals surface area contributed by atoms with Gasteiger partial charge in [0.05, 0.1) is 0 Å². The molecule has 0 aliphatic heterocycles. The van der Waals surface area contributed by atoms with Gasteiger partial charge in [0, 0.05) is 22.3 Å². The van der Waals surface area contributed by atoms with Crippen molar-refractivity contribution in [2.75, 3.05) is 0 Å². The van der Waals surface area contributed by atoms with Gasteiger partial charge >= 0.3 is 0 Å². The monoisotopic (exact) mass is 552 g/mol. The number of Topliss-reactive ketones (excluding diaryl/α,β-unsaturated/α-hetero) is 1. The van der Waals surface area contributed by atoms with Gasteiger partial charge in [-0.1, -0.05) is 113 Å². The van der Waals surface area contributed by atoms with Gasteiger partial charge in [-0.2, -0.15) is 0 Å². The Bertz CT molecular complexity index is 1400. The molecule has 0 fully saturated rings. The molecule has 0 bridgehead atoms. The molecule has 0 radical (unpaired) electrons. The van der Waals surface area contributed by atoms with E-state index >= 15 is 0 Å². The van der Waals surface area contributed by atoms with E-state index in [9.17, 15) is 9.90 Å². The Hall–Kier alpha value is -3.13. The third kappa shape index (κ3) is 6.85. The molecule has 0 aromatic heterocycles. The van der Waals surface area contributed by atoms with Gasteiger partial charge in [0.15, 0.2) is 5.78 Å². The van der Waals surface area contributed by atoms with Crippen molar-refractivity contribution in [1.29, 1.82) is 0 Å². The lowest BCUT2D eigenvalue weighted by Gasteiger charge is -2.33. The van der Waals surface area contributed by atoms with Crippen molar-refractivity contribution in [2.45, 2.75) is 108 Å². The van der Waals surface area contributed by atoms with Crippen molar-refractivity contribution in [1.82, 2.24) is 0 Å². The highest BCUT2D eigenvalue weighted by atomic mass is 16.3. The molecule has 41 heavy (non-hydrogen) atoms. The predicted molar refractivity (Wildman–Crippen MR) is 177 cm³/mol. The maximum Gasteiger partial charge on any atom is 0.186 e. The van der Waals surface area contributed by atoms with Gasteiger partial charge in [0.1, 0.15) is 5.75 Å². The van der Waals surface area contributed by atoms with Crippen LogP contribution in [0.4, 0.5) is 0 Å². The fourth-order valence-electron chi connectivity index (χ4n) is 5.51. The Morgan fingerprint density at radius 3 is 1.51 bits per heavy atom. The maximum absolute atomic E-state index is 13.8. The number of aryl methyl sites for hydroxylation is 1. The number of phenols is 1. The molecule has 0 saturated carbocycles. The number of allylic oxidation sites excluding steroid dienone is 6. The van der Waals surface area contributed by atoms with Crippen LogP contribution in [-0.4, -0.2) is 10.9 Å². The molecule has 220 valence electrons. The summed E-state index contributed by atoms with van der Waals surface area (Å²) in [4.78, 5) is 13.8. The highest BCUT2D eigenvalue weighted by Gasteiger charge is 2.35. The van der Waals surface area contributed by atoms with Gasteiger partial charge < -0.3 is 5.11 Å². The quantitative estimate of drug-likeness (QED) is 0.411. The first-order valence-corrected chi connectivity index (χ1v) is 14.9. The molecule has 1 aliphatic carbocycles. The highest BCUT2D eigenvalue weighted by Crippen LogP contribution is 2.45. The van der Waals surface area contributed by atoms with Crippen LogP contribution in [0.25, 0.3) is 11.6 Å². The summed E-state index contributed by atoms with van der Waals surface area (Å²) in [7, 11) is 0. The van der Waals surface area contributed by atoms with Crippen molar-refractivity contribution < 1.29 is 9.90 Å². The number of hydrogen-bond acceptors (Lipinski definition) is 2. The summed E-state index contributed by atoms with van der Waals surface area (Å²) in [6, 6.07) is 10.9. The summed E-state index contributed by atoms with van der Waals surface area (Å²) in [5.74, 6) is 0.498. The van der Waals surface area contributed by atoms with Crippen molar-refractivity contribution in [3.63, 3.8) is 0 Å². The third-order valence-electron chi connectivity index (χ3n) is 7.91. The normalized spacial score (nSPS) is 15.4. The Morgan fingerprint density at radius 1 is 0.683 bits per heavy atom. The molecule has 2 aromatic rings. The van der Waals surface area contributed by atoms with E-state index in [1.807, 2.05) is 6.92 Å². The van der Waals surface area contributed by atoms with E-state index in [1.54, 1.807) is 0 Å². The van der Waals surface area contributed by atoms with Crippen LogP contribution in [0.2, 0.25) is 0 Å². The molecule has 2 heteroatoms. The first-order valence-electron chi connectivity index (χ1n) is 14.9. The molecular weight excluding hydrogens is 500 g/mol. The molecule has 1 aliphatic rings. The molecule has 3 rings (SSSR count). The standard InChI is InChI=1S/C39H52O2/c1-15-16-25-17-18-26(19-24(25)2)33(27-20-29(36(3,4)5)34(40)30(21-27)37(6,7)8)28-22-31(38(9,10)11)35(41)32(23-28)39(12,13)14/h15-23,40H,1-14H3/b16-15+. The second-order valence-electron chi connectivity index (χ2n) is 15.8. The average Bonchev–Trinajstić information content (AvgIpc) is 2.79. The number of benzene rings is 2. The summed E-state index contributed by atoms with van der Waals surface area (Å²) in [5, 5.41) is 11.5. The molecule has 0 spiro atoms. The number of hydrogen-bond donors (Lipinski definition) is 1.